The van der Waals surface area contributed by atoms with E-state index in [0.29, 0.717) is 35.3 Å². The van der Waals surface area contributed by atoms with E-state index in [1.165, 1.54) is 17.8 Å². The number of nitrogens with zero attached hydrogens (tertiary/aromatic N) is 4. The van der Waals surface area contributed by atoms with Crippen molar-refractivity contribution < 1.29 is 18.3 Å². The highest BCUT2D eigenvalue weighted by molar-refractivity contribution is 7.98. The van der Waals surface area contributed by atoms with Crippen LogP contribution in [0.25, 0.3) is 11.4 Å². The van der Waals surface area contributed by atoms with Gasteiger partial charge in [0.2, 0.25) is 0 Å². The molecule has 3 aromatic rings. The molecule has 1 amide bonds. The number of aryl methyl sites for hydroxylation is 1. The average molecular weight is 431 g/mol. The van der Waals surface area contributed by atoms with Crippen molar-refractivity contribution in [2.24, 2.45) is 0 Å². The molecule has 0 saturated carbocycles. The van der Waals surface area contributed by atoms with Crippen LogP contribution in [0.5, 0.6) is 0 Å². The van der Waals surface area contributed by atoms with Gasteiger partial charge in [0.15, 0.2) is 22.6 Å². The van der Waals surface area contributed by atoms with Crippen molar-refractivity contribution in [2.45, 2.75) is 31.3 Å². The van der Waals surface area contributed by atoms with Crippen LogP contribution >= 0.6 is 11.8 Å². The second kappa shape index (κ2) is 8.49. The molecular weight excluding hydrogens is 412 g/mol. The lowest BCUT2D eigenvalue weighted by molar-refractivity contribution is 0.0935. The van der Waals surface area contributed by atoms with Gasteiger partial charge in [0.1, 0.15) is 5.69 Å². The maximum Gasteiger partial charge on any atom is 0.287 e. The summed E-state index contributed by atoms with van der Waals surface area (Å²) in [4.78, 5) is 26.1. The highest BCUT2D eigenvalue weighted by atomic mass is 32.2. The maximum atomic E-state index is 13.4. The number of rotatable bonds is 7. The highest BCUT2D eigenvalue weighted by Crippen LogP contribution is 2.24. The number of hydrogen-bond donors (Lipinski definition) is 1. The maximum absolute atomic E-state index is 13.4. The van der Waals surface area contributed by atoms with Gasteiger partial charge in [-0.15, -0.1) is 0 Å². The monoisotopic (exact) mass is 431 g/mol. The van der Waals surface area contributed by atoms with Gasteiger partial charge in [0, 0.05) is 18.9 Å². The molecule has 1 aromatic carbocycles. The summed E-state index contributed by atoms with van der Waals surface area (Å²) in [7, 11) is 0. The molecule has 1 fully saturated rings. The van der Waals surface area contributed by atoms with E-state index in [9.17, 15) is 13.6 Å². The van der Waals surface area contributed by atoms with Gasteiger partial charge in [-0.2, -0.15) is 0 Å². The second-order valence-electron chi connectivity index (χ2n) is 6.88. The number of carbonyl (C=O) groups excluding carboxylic acids is 1. The Bertz CT molecular complexity index is 1100. The highest BCUT2D eigenvalue weighted by Gasteiger charge is 2.27. The van der Waals surface area contributed by atoms with Crippen LogP contribution in [0.1, 0.15) is 21.7 Å². The standard InChI is InChI=1S/C20H19F2N5O2S/c1-11-6-24-20(30-2)26-17(11)16-9-27(8-13-10-29-13)18(25-16)19(28)23-7-12-3-4-14(21)15(22)5-12/h3-6,9,13H,7-8,10H2,1-2H3,(H,23,28). The van der Waals surface area contributed by atoms with Crippen LogP contribution in [0, 0.1) is 18.6 Å². The molecule has 0 bridgehead atoms. The van der Waals surface area contributed by atoms with Crippen molar-refractivity contribution in [2.75, 3.05) is 12.9 Å². The molecule has 30 heavy (non-hydrogen) atoms. The Balaban J connectivity index is 1.59. The van der Waals surface area contributed by atoms with Crippen LogP contribution in [-0.4, -0.2) is 44.4 Å². The van der Waals surface area contributed by atoms with E-state index < -0.39 is 17.5 Å². The molecule has 0 spiro atoms. The Hall–Kier alpha value is -2.85. The van der Waals surface area contributed by atoms with Crippen molar-refractivity contribution in [1.29, 1.82) is 0 Å². The van der Waals surface area contributed by atoms with Gasteiger partial charge >= 0.3 is 0 Å². The van der Waals surface area contributed by atoms with E-state index in [1.807, 2.05) is 13.2 Å². The van der Waals surface area contributed by atoms with Crippen LogP contribution in [0.2, 0.25) is 0 Å². The number of carbonyl (C=O) groups is 1. The lowest BCUT2D eigenvalue weighted by Crippen LogP contribution is -2.27. The summed E-state index contributed by atoms with van der Waals surface area (Å²) in [6.07, 6.45) is 5.42. The largest absolute Gasteiger partial charge is 0.371 e. The number of epoxide rings is 1. The molecule has 3 heterocycles. The van der Waals surface area contributed by atoms with E-state index in [2.05, 4.69) is 20.3 Å². The zero-order valence-electron chi connectivity index (χ0n) is 16.4. The first-order valence-corrected chi connectivity index (χ1v) is 10.5. The molecule has 156 valence electrons. The van der Waals surface area contributed by atoms with Crippen LogP contribution in [0.4, 0.5) is 8.78 Å². The number of aromatic nitrogens is 4. The SMILES string of the molecule is CSc1ncc(C)c(-c2cn(CC3CO3)c(C(=O)NCc3ccc(F)c(F)c3)n2)n1. The van der Waals surface area contributed by atoms with E-state index in [1.54, 1.807) is 17.0 Å². The van der Waals surface area contributed by atoms with E-state index in [4.69, 9.17) is 4.74 Å². The van der Waals surface area contributed by atoms with Gasteiger partial charge in [0.05, 0.1) is 24.9 Å². The molecule has 1 aliphatic heterocycles. The molecular formula is C20H19F2N5O2S. The fraction of sp³-hybridized carbons (Fsp3) is 0.300. The molecule has 0 radical (unpaired) electrons. The summed E-state index contributed by atoms with van der Waals surface area (Å²) in [5, 5.41) is 3.32. The Morgan fingerprint density at radius 3 is 2.83 bits per heavy atom. The number of hydrogen-bond acceptors (Lipinski definition) is 6. The number of thioether (sulfide) groups is 1. The zero-order valence-corrected chi connectivity index (χ0v) is 17.2. The molecule has 7 nitrogen and oxygen atoms in total. The minimum Gasteiger partial charge on any atom is -0.371 e. The quantitative estimate of drug-likeness (QED) is 0.352. The normalized spacial score (nSPS) is 15.3. The lowest BCUT2D eigenvalue weighted by atomic mass is 10.2. The van der Waals surface area contributed by atoms with Crippen molar-refractivity contribution in [3.05, 3.63) is 59.2 Å². The Morgan fingerprint density at radius 1 is 1.33 bits per heavy atom. The summed E-state index contributed by atoms with van der Waals surface area (Å²) in [6.45, 7) is 3.04. The van der Waals surface area contributed by atoms with Gasteiger partial charge in [-0.25, -0.2) is 23.7 Å². The first kappa shape index (κ1) is 20.4. The molecule has 0 aliphatic carbocycles. The molecule has 4 rings (SSSR count). The number of imidazole rings is 1. The smallest absolute Gasteiger partial charge is 0.287 e. The van der Waals surface area contributed by atoms with Gasteiger partial charge in [-0.1, -0.05) is 17.8 Å². The van der Waals surface area contributed by atoms with E-state index in [0.717, 1.165) is 17.7 Å². The van der Waals surface area contributed by atoms with Gasteiger partial charge in [-0.05, 0) is 36.4 Å². The predicted octanol–water partition coefficient (Wildman–Crippen LogP) is 2.98. The Kier molecular flexibility index (Phi) is 5.78. The summed E-state index contributed by atoms with van der Waals surface area (Å²) in [6, 6.07) is 3.50. The topological polar surface area (TPSA) is 85.2 Å². The van der Waals surface area contributed by atoms with E-state index >= 15 is 0 Å². The first-order valence-electron chi connectivity index (χ1n) is 9.23. The van der Waals surface area contributed by atoms with Crippen molar-refractivity contribution in [1.82, 2.24) is 24.8 Å². The first-order chi connectivity index (χ1) is 14.4. The average Bonchev–Trinajstić information content (AvgIpc) is 3.46. The van der Waals surface area contributed by atoms with Gasteiger partial charge in [-0.3, -0.25) is 4.79 Å². The molecule has 1 saturated heterocycles. The number of benzene rings is 1. The van der Waals surface area contributed by atoms with Crippen LogP contribution in [-0.2, 0) is 17.8 Å². The summed E-state index contributed by atoms with van der Waals surface area (Å²) in [5.41, 5.74) is 2.50. The second-order valence-corrected chi connectivity index (χ2v) is 7.65. The molecule has 1 unspecified atom stereocenters. The summed E-state index contributed by atoms with van der Waals surface area (Å²) < 4.78 is 33.5. The molecule has 1 aliphatic rings. The lowest BCUT2D eigenvalue weighted by Gasteiger charge is -2.07. The summed E-state index contributed by atoms with van der Waals surface area (Å²) in [5.74, 6) is -2.12. The van der Waals surface area contributed by atoms with Crippen molar-refractivity contribution in [3.8, 4) is 11.4 Å². The minimum atomic E-state index is -0.958. The Morgan fingerprint density at radius 2 is 2.13 bits per heavy atom. The third-order valence-electron chi connectivity index (χ3n) is 4.59. The molecule has 10 heteroatoms. The van der Waals surface area contributed by atoms with Gasteiger partial charge in [0.25, 0.3) is 5.91 Å². The van der Waals surface area contributed by atoms with Crippen LogP contribution in [0.3, 0.4) is 0 Å². The number of nitrogens with one attached hydrogen (secondary N) is 1. The summed E-state index contributed by atoms with van der Waals surface area (Å²) >= 11 is 1.42. The minimum absolute atomic E-state index is 0.0399. The molecule has 1 N–H and O–H groups in total. The fourth-order valence-electron chi connectivity index (χ4n) is 2.94. The molecule has 2 aromatic heterocycles. The third-order valence-corrected chi connectivity index (χ3v) is 5.16. The predicted molar refractivity (Wildman–Crippen MR) is 107 cm³/mol. The number of halogens is 2. The number of amides is 1. The number of ether oxygens (including phenoxy) is 1. The Labute approximate surface area is 175 Å². The van der Waals surface area contributed by atoms with Crippen LogP contribution < -0.4 is 5.32 Å². The van der Waals surface area contributed by atoms with Crippen molar-refractivity contribution in [3.63, 3.8) is 0 Å². The van der Waals surface area contributed by atoms with Crippen LogP contribution in [0.15, 0.2) is 35.7 Å². The van der Waals surface area contributed by atoms with E-state index in [-0.39, 0.29) is 18.5 Å². The molecule has 1 atom stereocenters. The third kappa shape index (κ3) is 4.49. The zero-order chi connectivity index (χ0) is 21.3. The fourth-order valence-corrected chi connectivity index (χ4v) is 3.28. The van der Waals surface area contributed by atoms with Crippen molar-refractivity contribution >= 4 is 17.7 Å². The van der Waals surface area contributed by atoms with Gasteiger partial charge < -0.3 is 14.6 Å².